The molecule has 7 heteroatoms. The van der Waals surface area contributed by atoms with Crippen LogP contribution in [0.25, 0.3) is 11.3 Å². The van der Waals surface area contributed by atoms with Gasteiger partial charge in [-0.25, -0.2) is 0 Å². The number of benzene rings is 1. The summed E-state index contributed by atoms with van der Waals surface area (Å²) in [5.74, 6) is 0. The molecule has 1 aromatic carbocycles. The van der Waals surface area contributed by atoms with Crippen LogP contribution in [0.15, 0.2) is 30.5 Å². The molecule has 0 spiro atoms. The Morgan fingerprint density at radius 2 is 2.04 bits per heavy atom. The van der Waals surface area contributed by atoms with Gasteiger partial charge in [0.1, 0.15) is 5.01 Å². The second-order valence-corrected chi connectivity index (χ2v) is 6.14. The number of nitrogens with zero attached hydrogens (tertiary/aromatic N) is 5. The molecule has 0 aliphatic heterocycles. The zero-order valence-corrected chi connectivity index (χ0v) is 13.8. The lowest BCUT2D eigenvalue weighted by atomic mass is 10.1. The Hall–Kier alpha value is -2.72. The number of hydrogen-bond donors (Lipinski definition) is 1. The molecule has 3 aromatic rings. The Balaban J connectivity index is 1.81. The van der Waals surface area contributed by atoms with E-state index in [9.17, 15) is 0 Å². The summed E-state index contributed by atoms with van der Waals surface area (Å²) in [4.78, 5) is 0. The van der Waals surface area contributed by atoms with E-state index in [1.165, 1.54) is 0 Å². The molecule has 0 unspecified atom stereocenters. The minimum Gasteiger partial charge on any atom is -0.356 e. The fraction of sp³-hybridized carbons (Fsp3) is 0.250. The molecule has 0 saturated carbocycles. The lowest BCUT2D eigenvalue weighted by molar-refractivity contribution is 0.770. The summed E-state index contributed by atoms with van der Waals surface area (Å²) in [6.45, 7) is 2.69. The number of hydrogen-bond acceptors (Lipinski definition) is 6. The van der Waals surface area contributed by atoms with Crippen molar-refractivity contribution in [3.05, 3.63) is 46.6 Å². The topological polar surface area (TPSA) is 79.4 Å². The Kier molecular flexibility index (Phi) is 4.35. The van der Waals surface area contributed by atoms with Crippen LogP contribution in [0.4, 0.5) is 5.13 Å². The molecule has 116 valence electrons. The predicted octanol–water partition coefficient (Wildman–Crippen LogP) is 2.98. The van der Waals surface area contributed by atoms with E-state index in [1.807, 2.05) is 25.4 Å². The molecule has 23 heavy (non-hydrogen) atoms. The van der Waals surface area contributed by atoms with Crippen molar-refractivity contribution in [1.82, 2.24) is 20.0 Å². The summed E-state index contributed by atoms with van der Waals surface area (Å²) in [7, 11) is 1.90. The van der Waals surface area contributed by atoms with Crippen molar-refractivity contribution in [2.45, 2.75) is 19.9 Å². The molecule has 0 amide bonds. The minimum atomic E-state index is 0.627. The molecule has 0 bridgehead atoms. The summed E-state index contributed by atoms with van der Waals surface area (Å²) in [5, 5.41) is 26.8. The van der Waals surface area contributed by atoms with Gasteiger partial charge in [0.15, 0.2) is 0 Å². The van der Waals surface area contributed by atoms with Gasteiger partial charge in [-0.05, 0) is 18.6 Å². The van der Waals surface area contributed by atoms with E-state index in [0.29, 0.717) is 12.1 Å². The predicted molar refractivity (Wildman–Crippen MR) is 90.0 cm³/mol. The Bertz CT molecular complexity index is 840. The van der Waals surface area contributed by atoms with Crippen molar-refractivity contribution in [3.63, 3.8) is 0 Å². The molecule has 0 saturated heterocycles. The first kappa shape index (κ1) is 15.2. The quantitative estimate of drug-likeness (QED) is 0.780. The first-order chi connectivity index (χ1) is 11.2. The monoisotopic (exact) mass is 324 g/mol. The van der Waals surface area contributed by atoms with Gasteiger partial charge in [0.25, 0.3) is 0 Å². The van der Waals surface area contributed by atoms with E-state index >= 15 is 0 Å². The lowest BCUT2D eigenvalue weighted by Crippen LogP contribution is -1.99. The molecular formula is C16H16N6S. The lowest BCUT2D eigenvalue weighted by Gasteiger charge is -2.03. The van der Waals surface area contributed by atoms with E-state index in [1.54, 1.807) is 28.2 Å². The first-order valence-electron chi connectivity index (χ1n) is 7.29. The van der Waals surface area contributed by atoms with Gasteiger partial charge >= 0.3 is 0 Å². The number of rotatable bonds is 5. The maximum Gasteiger partial charge on any atom is 0.205 e. The summed E-state index contributed by atoms with van der Waals surface area (Å²) >= 11 is 1.57. The maximum absolute atomic E-state index is 8.90. The van der Waals surface area contributed by atoms with Crippen LogP contribution < -0.4 is 5.32 Å². The molecule has 3 rings (SSSR count). The second kappa shape index (κ2) is 6.58. The van der Waals surface area contributed by atoms with Gasteiger partial charge in [-0.2, -0.15) is 10.4 Å². The highest BCUT2D eigenvalue weighted by atomic mass is 32.1. The normalized spacial score (nSPS) is 10.5. The van der Waals surface area contributed by atoms with E-state index in [4.69, 9.17) is 5.26 Å². The largest absolute Gasteiger partial charge is 0.356 e. The third kappa shape index (κ3) is 3.38. The van der Waals surface area contributed by atoms with Crippen LogP contribution in [0.2, 0.25) is 0 Å². The van der Waals surface area contributed by atoms with Crippen molar-refractivity contribution in [1.29, 1.82) is 5.26 Å². The van der Waals surface area contributed by atoms with Crippen molar-refractivity contribution in [2.24, 2.45) is 7.05 Å². The average Bonchev–Trinajstić information content (AvgIpc) is 3.19. The third-order valence-electron chi connectivity index (χ3n) is 3.39. The van der Waals surface area contributed by atoms with Gasteiger partial charge in [0.05, 0.1) is 17.3 Å². The molecule has 0 fully saturated rings. The fourth-order valence-corrected chi connectivity index (χ4v) is 2.93. The number of anilines is 1. The van der Waals surface area contributed by atoms with Crippen LogP contribution in [0, 0.1) is 11.3 Å². The van der Waals surface area contributed by atoms with Gasteiger partial charge in [-0.15, -0.1) is 10.2 Å². The fourth-order valence-electron chi connectivity index (χ4n) is 2.25. The number of aromatic nitrogens is 4. The molecule has 0 radical (unpaired) electrons. The van der Waals surface area contributed by atoms with Crippen LogP contribution in [-0.4, -0.2) is 20.0 Å². The highest BCUT2D eigenvalue weighted by Crippen LogP contribution is 2.24. The summed E-state index contributed by atoms with van der Waals surface area (Å²) in [6.07, 6.45) is 2.88. The standard InChI is InChI=1S/C16H16N6S/c1-3-14-19-20-16(23-14)18-9-13-10-22(2)21-15(13)12-6-4-11(8-17)5-7-12/h4-7,10H,3,9H2,1-2H3,(H,18,20). The molecule has 2 aromatic heterocycles. The Morgan fingerprint density at radius 3 is 2.70 bits per heavy atom. The third-order valence-corrected chi connectivity index (χ3v) is 4.42. The zero-order chi connectivity index (χ0) is 16.2. The van der Waals surface area contributed by atoms with Crippen LogP contribution in [0.1, 0.15) is 23.1 Å². The number of nitriles is 1. The van der Waals surface area contributed by atoms with Crippen LogP contribution in [0.5, 0.6) is 0 Å². The van der Waals surface area contributed by atoms with Gasteiger partial charge in [-0.3, -0.25) is 4.68 Å². The second-order valence-electron chi connectivity index (χ2n) is 5.07. The number of aryl methyl sites for hydroxylation is 2. The average molecular weight is 324 g/mol. The van der Waals surface area contributed by atoms with Gasteiger partial charge in [0.2, 0.25) is 5.13 Å². The van der Waals surface area contributed by atoms with E-state index in [-0.39, 0.29) is 0 Å². The van der Waals surface area contributed by atoms with Crippen LogP contribution in [0.3, 0.4) is 0 Å². The van der Waals surface area contributed by atoms with Gasteiger partial charge < -0.3 is 5.32 Å². The Labute approximate surface area is 138 Å². The number of nitrogens with one attached hydrogen (secondary N) is 1. The van der Waals surface area contributed by atoms with Gasteiger partial charge in [-0.1, -0.05) is 30.4 Å². The highest BCUT2D eigenvalue weighted by molar-refractivity contribution is 7.15. The van der Waals surface area contributed by atoms with Crippen molar-refractivity contribution in [3.8, 4) is 17.3 Å². The van der Waals surface area contributed by atoms with E-state index in [0.717, 1.165) is 33.4 Å². The van der Waals surface area contributed by atoms with E-state index in [2.05, 4.69) is 33.6 Å². The Morgan fingerprint density at radius 1 is 1.26 bits per heavy atom. The molecule has 0 atom stereocenters. The zero-order valence-electron chi connectivity index (χ0n) is 12.9. The molecule has 0 aliphatic rings. The molecule has 6 nitrogen and oxygen atoms in total. The highest BCUT2D eigenvalue weighted by Gasteiger charge is 2.11. The molecular weight excluding hydrogens is 308 g/mol. The van der Waals surface area contributed by atoms with Crippen LogP contribution >= 0.6 is 11.3 Å². The minimum absolute atomic E-state index is 0.627. The van der Waals surface area contributed by atoms with E-state index < -0.39 is 0 Å². The SMILES string of the molecule is CCc1nnc(NCc2cn(C)nc2-c2ccc(C#N)cc2)s1. The van der Waals surface area contributed by atoms with Crippen molar-refractivity contribution < 1.29 is 0 Å². The molecule has 1 N–H and O–H groups in total. The molecule has 0 aliphatic carbocycles. The first-order valence-corrected chi connectivity index (χ1v) is 8.10. The molecule has 2 heterocycles. The van der Waals surface area contributed by atoms with Crippen molar-refractivity contribution in [2.75, 3.05) is 5.32 Å². The smallest absolute Gasteiger partial charge is 0.205 e. The summed E-state index contributed by atoms with van der Waals surface area (Å²) < 4.78 is 1.79. The van der Waals surface area contributed by atoms with Crippen LogP contribution in [-0.2, 0) is 20.0 Å². The van der Waals surface area contributed by atoms with Gasteiger partial charge in [0, 0.05) is 30.9 Å². The maximum atomic E-state index is 8.90. The summed E-state index contributed by atoms with van der Waals surface area (Å²) in [6, 6.07) is 9.58. The summed E-state index contributed by atoms with van der Waals surface area (Å²) in [5.41, 5.74) is 3.62. The van der Waals surface area contributed by atoms with Crippen molar-refractivity contribution >= 4 is 16.5 Å².